The smallest absolute Gasteiger partial charge is 0.230 e. The van der Waals surface area contributed by atoms with Crippen molar-refractivity contribution in [1.82, 2.24) is 5.32 Å². The topological polar surface area (TPSA) is 41.1 Å². The molecule has 1 aliphatic heterocycles. The van der Waals surface area contributed by atoms with Crippen molar-refractivity contribution in [2.24, 2.45) is 5.41 Å². The van der Waals surface area contributed by atoms with E-state index in [2.05, 4.69) is 17.6 Å². The normalized spacial score (nSPS) is 18.1. The van der Waals surface area contributed by atoms with Gasteiger partial charge in [-0.15, -0.1) is 0 Å². The van der Waals surface area contributed by atoms with E-state index in [0.29, 0.717) is 10.7 Å². The number of anilines is 1. The minimum Gasteiger partial charge on any atom is -0.324 e. The molecular weight excluding hydrogens is 260 g/mol. The summed E-state index contributed by atoms with van der Waals surface area (Å²) < 4.78 is 0. The van der Waals surface area contributed by atoms with Crippen LogP contribution in [-0.4, -0.2) is 19.0 Å². The maximum atomic E-state index is 12.6. The van der Waals surface area contributed by atoms with Crippen LogP contribution in [0.5, 0.6) is 0 Å². The maximum absolute atomic E-state index is 12.6. The third kappa shape index (κ3) is 3.10. The van der Waals surface area contributed by atoms with E-state index in [9.17, 15) is 4.79 Å². The first kappa shape index (κ1) is 14.4. The summed E-state index contributed by atoms with van der Waals surface area (Å²) >= 11 is 6.17. The van der Waals surface area contributed by atoms with Crippen LogP contribution in [-0.2, 0) is 4.79 Å². The molecule has 1 saturated heterocycles. The number of hydrogen-bond donors (Lipinski definition) is 2. The highest BCUT2D eigenvalue weighted by molar-refractivity contribution is 6.33. The van der Waals surface area contributed by atoms with Crippen LogP contribution in [0.25, 0.3) is 0 Å². The number of amides is 1. The molecule has 1 heterocycles. The average molecular weight is 281 g/mol. The molecule has 0 aliphatic carbocycles. The van der Waals surface area contributed by atoms with Gasteiger partial charge in [0, 0.05) is 0 Å². The van der Waals surface area contributed by atoms with Gasteiger partial charge in [0.2, 0.25) is 5.91 Å². The van der Waals surface area contributed by atoms with E-state index in [1.807, 2.05) is 25.1 Å². The summed E-state index contributed by atoms with van der Waals surface area (Å²) in [6.45, 7) is 5.88. The van der Waals surface area contributed by atoms with E-state index in [-0.39, 0.29) is 11.3 Å². The number of halogens is 1. The Hall–Kier alpha value is -1.06. The molecule has 19 heavy (non-hydrogen) atoms. The Morgan fingerprint density at radius 2 is 2.11 bits per heavy atom. The first-order valence-electron chi connectivity index (χ1n) is 6.86. The molecule has 0 bridgehead atoms. The molecule has 2 rings (SSSR count). The van der Waals surface area contributed by atoms with Gasteiger partial charge in [-0.1, -0.05) is 24.6 Å². The SMILES string of the molecule is CCC1(C(=O)Nc2ccc(C)cc2Cl)CCNCC1. The van der Waals surface area contributed by atoms with Gasteiger partial charge in [0.1, 0.15) is 0 Å². The van der Waals surface area contributed by atoms with Crippen molar-refractivity contribution in [3.63, 3.8) is 0 Å². The molecular formula is C15H21ClN2O. The minimum atomic E-state index is -0.251. The highest BCUT2D eigenvalue weighted by Crippen LogP contribution is 2.35. The maximum Gasteiger partial charge on any atom is 0.230 e. The number of benzene rings is 1. The number of aryl methyl sites for hydroxylation is 1. The van der Waals surface area contributed by atoms with E-state index in [4.69, 9.17) is 11.6 Å². The van der Waals surface area contributed by atoms with Crippen LogP contribution in [0.3, 0.4) is 0 Å². The molecule has 1 aromatic rings. The summed E-state index contributed by atoms with van der Waals surface area (Å²) in [6, 6.07) is 5.71. The predicted octanol–water partition coefficient (Wildman–Crippen LogP) is 3.37. The fourth-order valence-electron chi connectivity index (χ4n) is 2.62. The van der Waals surface area contributed by atoms with Crippen LogP contribution in [0.1, 0.15) is 31.7 Å². The second-order valence-corrected chi connectivity index (χ2v) is 5.73. The number of hydrogen-bond acceptors (Lipinski definition) is 2. The van der Waals surface area contributed by atoms with Crippen LogP contribution in [0, 0.1) is 12.3 Å². The number of carbonyl (C=O) groups excluding carboxylic acids is 1. The van der Waals surface area contributed by atoms with E-state index in [1.54, 1.807) is 0 Å². The van der Waals surface area contributed by atoms with Gasteiger partial charge in [-0.3, -0.25) is 4.79 Å². The van der Waals surface area contributed by atoms with Gasteiger partial charge in [0.25, 0.3) is 0 Å². The Labute approximate surface area is 119 Å². The lowest BCUT2D eigenvalue weighted by Gasteiger charge is -2.35. The van der Waals surface area contributed by atoms with Gasteiger partial charge in [-0.2, -0.15) is 0 Å². The van der Waals surface area contributed by atoms with Crippen LogP contribution >= 0.6 is 11.6 Å². The zero-order chi connectivity index (χ0) is 13.9. The Kier molecular flexibility index (Phi) is 4.48. The third-order valence-corrected chi connectivity index (χ3v) is 4.40. The van der Waals surface area contributed by atoms with Gasteiger partial charge in [0.05, 0.1) is 16.1 Å². The highest BCUT2D eigenvalue weighted by atomic mass is 35.5. The Morgan fingerprint density at radius 1 is 1.42 bits per heavy atom. The van der Waals surface area contributed by atoms with Crippen molar-refractivity contribution in [2.75, 3.05) is 18.4 Å². The summed E-state index contributed by atoms with van der Waals surface area (Å²) in [5.74, 6) is 0.0993. The van der Waals surface area contributed by atoms with Crippen molar-refractivity contribution in [1.29, 1.82) is 0 Å². The van der Waals surface area contributed by atoms with Crippen molar-refractivity contribution < 1.29 is 4.79 Å². The Bertz CT molecular complexity index is 467. The van der Waals surface area contributed by atoms with E-state index < -0.39 is 0 Å². The average Bonchev–Trinajstić information content (AvgIpc) is 2.42. The summed E-state index contributed by atoms with van der Waals surface area (Å²) in [5, 5.41) is 6.91. The van der Waals surface area contributed by atoms with Gasteiger partial charge < -0.3 is 10.6 Å². The zero-order valence-electron chi connectivity index (χ0n) is 11.6. The van der Waals surface area contributed by atoms with Gasteiger partial charge in [-0.25, -0.2) is 0 Å². The van der Waals surface area contributed by atoms with E-state index in [1.165, 1.54) is 0 Å². The quantitative estimate of drug-likeness (QED) is 0.891. The van der Waals surface area contributed by atoms with Crippen molar-refractivity contribution in [2.45, 2.75) is 33.1 Å². The standard InChI is InChI=1S/C15H21ClN2O/c1-3-15(6-8-17-9-7-15)14(19)18-13-5-4-11(2)10-12(13)16/h4-5,10,17H,3,6-9H2,1-2H3,(H,18,19). The van der Waals surface area contributed by atoms with E-state index >= 15 is 0 Å². The lowest BCUT2D eigenvalue weighted by molar-refractivity contribution is -0.127. The highest BCUT2D eigenvalue weighted by Gasteiger charge is 2.37. The fraction of sp³-hybridized carbons (Fsp3) is 0.533. The molecule has 0 atom stereocenters. The molecule has 2 N–H and O–H groups in total. The molecule has 0 radical (unpaired) electrons. The number of rotatable bonds is 3. The largest absolute Gasteiger partial charge is 0.324 e. The molecule has 0 saturated carbocycles. The predicted molar refractivity (Wildman–Crippen MR) is 79.6 cm³/mol. The molecule has 1 aromatic carbocycles. The lowest BCUT2D eigenvalue weighted by Crippen LogP contribution is -2.44. The number of nitrogens with one attached hydrogen (secondary N) is 2. The van der Waals surface area contributed by atoms with Gasteiger partial charge in [-0.05, 0) is 57.0 Å². The van der Waals surface area contributed by atoms with Gasteiger partial charge in [0.15, 0.2) is 0 Å². The van der Waals surface area contributed by atoms with Crippen LogP contribution in [0.2, 0.25) is 5.02 Å². The van der Waals surface area contributed by atoms with Crippen molar-refractivity contribution in [3.05, 3.63) is 28.8 Å². The summed E-state index contributed by atoms with van der Waals surface area (Å²) in [7, 11) is 0. The van der Waals surface area contributed by atoms with Crippen LogP contribution in [0.4, 0.5) is 5.69 Å². The number of piperidine rings is 1. The molecule has 1 amide bonds. The molecule has 3 nitrogen and oxygen atoms in total. The zero-order valence-corrected chi connectivity index (χ0v) is 12.3. The first-order valence-corrected chi connectivity index (χ1v) is 7.23. The second-order valence-electron chi connectivity index (χ2n) is 5.32. The molecule has 4 heteroatoms. The molecule has 104 valence electrons. The minimum absolute atomic E-state index is 0.0993. The monoisotopic (exact) mass is 280 g/mol. The van der Waals surface area contributed by atoms with Crippen LogP contribution in [0.15, 0.2) is 18.2 Å². The van der Waals surface area contributed by atoms with E-state index in [0.717, 1.165) is 37.9 Å². The summed E-state index contributed by atoms with van der Waals surface area (Å²) in [5.41, 5.74) is 1.55. The van der Waals surface area contributed by atoms with Crippen molar-refractivity contribution in [3.8, 4) is 0 Å². The molecule has 0 aromatic heterocycles. The van der Waals surface area contributed by atoms with Gasteiger partial charge >= 0.3 is 0 Å². The fourth-order valence-corrected chi connectivity index (χ4v) is 2.91. The lowest BCUT2D eigenvalue weighted by atomic mass is 9.76. The first-order chi connectivity index (χ1) is 9.07. The summed E-state index contributed by atoms with van der Waals surface area (Å²) in [6.07, 6.45) is 2.64. The summed E-state index contributed by atoms with van der Waals surface area (Å²) in [4.78, 5) is 12.6. The molecule has 1 aliphatic rings. The number of carbonyl (C=O) groups is 1. The third-order valence-electron chi connectivity index (χ3n) is 4.09. The molecule has 0 spiro atoms. The Balaban J connectivity index is 2.15. The Morgan fingerprint density at radius 3 is 2.68 bits per heavy atom. The second kappa shape index (κ2) is 5.93. The van der Waals surface area contributed by atoms with Crippen LogP contribution < -0.4 is 10.6 Å². The molecule has 0 unspecified atom stereocenters. The van der Waals surface area contributed by atoms with Crippen molar-refractivity contribution >= 4 is 23.2 Å². The molecule has 1 fully saturated rings.